The minimum atomic E-state index is -0.426. The van der Waals surface area contributed by atoms with Crippen LogP contribution in [0, 0.1) is 6.92 Å². The summed E-state index contributed by atoms with van der Waals surface area (Å²) in [4.78, 5) is 29.2. The van der Waals surface area contributed by atoms with Gasteiger partial charge < -0.3 is 10.6 Å². The van der Waals surface area contributed by atoms with E-state index in [9.17, 15) is 9.59 Å². The summed E-state index contributed by atoms with van der Waals surface area (Å²) in [7, 11) is 0. The van der Waals surface area contributed by atoms with Gasteiger partial charge in [0, 0.05) is 10.9 Å². The number of nitrogens with one attached hydrogen (secondary N) is 2. The summed E-state index contributed by atoms with van der Waals surface area (Å²) in [5, 5.41) is 8.19. The van der Waals surface area contributed by atoms with E-state index in [4.69, 9.17) is 0 Å². The lowest BCUT2D eigenvalue weighted by molar-refractivity contribution is -0.116. The van der Waals surface area contributed by atoms with Gasteiger partial charge in [0.15, 0.2) is 5.13 Å². The summed E-state index contributed by atoms with van der Waals surface area (Å²) in [6.07, 6.45) is 0.126. The third kappa shape index (κ3) is 4.77. The number of amides is 2. The molecule has 0 fully saturated rings. The van der Waals surface area contributed by atoms with E-state index in [1.807, 2.05) is 60.8 Å². The van der Waals surface area contributed by atoms with Crippen LogP contribution in [-0.2, 0) is 4.79 Å². The molecule has 0 aliphatic carbocycles. The van der Waals surface area contributed by atoms with Gasteiger partial charge in [-0.3, -0.25) is 9.59 Å². The molecule has 6 heteroatoms. The molecule has 2 N–H and O–H groups in total. The minimum Gasteiger partial charge on any atom is -0.345 e. The van der Waals surface area contributed by atoms with E-state index in [-0.39, 0.29) is 18.2 Å². The van der Waals surface area contributed by atoms with Crippen molar-refractivity contribution in [2.75, 3.05) is 5.32 Å². The molecule has 0 radical (unpaired) electrons. The van der Waals surface area contributed by atoms with Gasteiger partial charge in [0.2, 0.25) is 5.91 Å². The summed E-state index contributed by atoms with van der Waals surface area (Å²) in [5.74, 6) is -0.404. The Morgan fingerprint density at radius 2 is 1.69 bits per heavy atom. The standard InChI is InChI=1S/C20H19N3O2S/c1-14-13-26-20(21-14)23-18(24)12-17(15-8-4-2-5-9-15)22-19(25)16-10-6-3-7-11-16/h2-11,13,17H,12H2,1H3,(H,22,25)(H,21,23,24). The SMILES string of the molecule is Cc1csc(NC(=O)CC(NC(=O)c2ccccc2)c2ccccc2)n1. The van der Waals surface area contributed by atoms with Gasteiger partial charge in [0.05, 0.1) is 18.2 Å². The van der Waals surface area contributed by atoms with Gasteiger partial charge in [0.25, 0.3) is 5.91 Å². The van der Waals surface area contributed by atoms with E-state index in [1.54, 1.807) is 12.1 Å². The largest absolute Gasteiger partial charge is 0.345 e. The molecule has 1 heterocycles. The highest BCUT2D eigenvalue weighted by atomic mass is 32.1. The second kappa shape index (κ2) is 8.40. The molecule has 2 amide bonds. The van der Waals surface area contributed by atoms with E-state index in [0.29, 0.717) is 10.7 Å². The van der Waals surface area contributed by atoms with Crippen LogP contribution in [0.25, 0.3) is 0 Å². The van der Waals surface area contributed by atoms with Crippen LogP contribution < -0.4 is 10.6 Å². The van der Waals surface area contributed by atoms with Crippen molar-refractivity contribution >= 4 is 28.3 Å². The van der Waals surface area contributed by atoms with Gasteiger partial charge in [-0.05, 0) is 24.6 Å². The van der Waals surface area contributed by atoms with Gasteiger partial charge in [-0.15, -0.1) is 11.3 Å². The van der Waals surface area contributed by atoms with E-state index >= 15 is 0 Å². The quantitative estimate of drug-likeness (QED) is 0.695. The number of hydrogen-bond acceptors (Lipinski definition) is 4. The van der Waals surface area contributed by atoms with Crippen LogP contribution in [0.4, 0.5) is 5.13 Å². The van der Waals surface area contributed by atoms with E-state index in [1.165, 1.54) is 11.3 Å². The Hall–Kier alpha value is -2.99. The highest BCUT2D eigenvalue weighted by molar-refractivity contribution is 7.13. The molecule has 0 aliphatic rings. The number of nitrogens with zero attached hydrogens (tertiary/aromatic N) is 1. The predicted octanol–water partition coefficient (Wildman–Crippen LogP) is 3.95. The zero-order chi connectivity index (χ0) is 18.4. The van der Waals surface area contributed by atoms with Gasteiger partial charge in [-0.2, -0.15) is 0 Å². The van der Waals surface area contributed by atoms with Crippen molar-refractivity contribution in [1.82, 2.24) is 10.3 Å². The zero-order valence-electron chi connectivity index (χ0n) is 14.3. The molecule has 2 aromatic carbocycles. The molecule has 3 rings (SSSR count). The Morgan fingerprint density at radius 3 is 2.31 bits per heavy atom. The van der Waals surface area contributed by atoms with Crippen molar-refractivity contribution in [2.45, 2.75) is 19.4 Å². The molecule has 0 saturated heterocycles. The molecule has 1 aromatic heterocycles. The van der Waals surface area contributed by atoms with E-state index in [0.717, 1.165) is 11.3 Å². The summed E-state index contributed by atoms with van der Waals surface area (Å²) < 4.78 is 0. The summed E-state index contributed by atoms with van der Waals surface area (Å²) in [6, 6.07) is 18.0. The summed E-state index contributed by atoms with van der Waals surface area (Å²) in [5.41, 5.74) is 2.30. The van der Waals surface area contributed by atoms with E-state index < -0.39 is 6.04 Å². The van der Waals surface area contributed by atoms with Crippen molar-refractivity contribution in [3.63, 3.8) is 0 Å². The summed E-state index contributed by atoms with van der Waals surface area (Å²) >= 11 is 1.38. The first-order valence-electron chi connectivity index (χ1n) is 8.24. The highest BCUT2D eigenvalue weighted by Gasteiger charge is 2.19. The molecule has 1 unspecified atom stereocenters. The van der Waals surface area contributed by atoms with Crippen molar-refractivity contribution in [1.29, 1.82) is 0 Å². The molecule has 132 valence electrons. The number of aromatic nitrogens is 1. The van der Waals surface area contributed by atoms with Crippen LogP contribution >= 0.6 is 11.3 Å². The maximum Gasteiger partial charge on any atom is 0.251 e. The van der Waals surface area contributed by atoms with Crippen molar-refractivity contribution in [3.8, 4) is 0 Å². The first-order chi connectivity index (χ1) is 12.6. The van der Waals surface area contributed by atoms with Crippen LogP contribution in [0.1, 0.15) is 34.1 Å². The first kappa shape index (κ1) is 17.8. The molecule has 3 aromatic rings. The van der Waals surface area contributed by atoms with Crippen LogP contribution in [0.3, 0.4) is 0 Å². The predicted molar refractivity (Wildman–Crippen MR) is 103 cm³/mol. The number of hydrogen-bond donors (Lipinski definition) is 2. The van der Waals surface area contributed by atoms with Crippen molar-refractivity contribution in [3.05, 3.63) is 82.9 Å². The number of thiazole rings is 1. The number of rotatable bonds is 6. The Labute approximate surface area is 156 Å². The number of anilines is 1. The van der Waals surface area contributed by atoms with Crippen molar-refractivity contribution < 1.29 is 9.59 Å². The maximum absolute atomic E-state index is 12.5. The monoisotopic (exact) mass is 365 g/mol. The lowest BCUT2D eigenvalue weighted by atomic mass is 10.0. The molecule has 0 aliphatic heterocycles. The topological polar surface area (TPSA) is 71.1 Å². The van der Waals surface area contributed by atoms with Gasteiger partial charge in [-0.1, -0.05) is 48.5 Å². The smallest absolute Gasteiger partial charge is 0.251 e. The molecule has 0 spiro atoms. The summed E-state index contributed by atoms with van der Waals surface area (Å²) in [6.45, 7) is 1.87. The molecule has 1 atom stereocenters. The first-order valence-corrected chi connectivity index (χ1v) is 9.12. The number of aryl methyl sites for hydroxylation is 1. The number of benzene rings is 2. The molecular formula is C20H19N3O2S. The fourth-order valence-corrected chi connectivity index (χ4v) is 3.24. The number of carbonyl (C=O) groups is 2. The van der Waals surface area contributed by atoms with Gasteiger partial charge in [-0.25, -0.2) is 4.98 Å². The van der Waals surface area contributed by atoms with Crippen LogP contribution in [-0.4, -0.2) is 16.8 Å². The second-order valence-electron chi connectivity index (χ2n) is 5.85. The normalized spacial score (nSPS) is 11.6. The van der Waals surface area contributed by atoms with Crippen LogP contribution in [0.2, 0.25) is 0 Å². The Bertz CT molecular complexity index is 878. The Balaban J connectivity index is 1.73. The second-order valence-corrected chi connectivity index (χ2v) is 6.71. The average molecular weight is 365 g/mol. The third-order valence-corrected chi connectivity index (χ3v) is 4.67. The Kier molecular flexibility index (Phi) is 5.76. The maximum atomic E-state index is 12.5. The highest BCUT2D eigenvalue weighted by Crippen LogP contribution is 2.20. The number of carbonyl (C=O) groups excluding carboxylic acids is 2. The minimum absolute atomic E-state index is 0.126. The zero-order valence-corrected chi connectivity index (χ0v) is 15.1. The molecular weight excluding hydrogens is 346 g/mol. The molecule has 5 nitrogen and oxygen atoms in total. The van der Waals surface area contributed by atoms with Gasteiger partial charge in [0.1, 0.15) is 0 Å². The molecule has 0 bridgehead atoms. The van der Waals surface area contributed by atoms with Crippen LogP contribution in [0.5, 0.6) is 0 Å². The van der Waals surface area contributed by atoms with E-state index in [2.05, 4.69) is 15.6 Å². The fourth-order valence-electron chi connectivity index (χ4n) is 2.54. The fraction of sp³-hybridized carbons (Fsp3) is 0.150. The molecule has 0 saturated carbocycles. The Morgan fingerprint density at radius 1 is 1.04 bits per heavy atom. The third-order valence-electron chi connectivity index (χ3n) is 3.80. The van der Waals surface area contributed by atoms with Gasteiger partial charge >= 0.3 is 0 Å². The average Bonchev–Trinajstić information content (AvgIpc) is 3.07. The van der Waals surface area contributed by atoms with Crippen molar-refractivity contribution in [2.24, 2.45) is 0 Å². The lowest BCUT2D eigenvalue weighted by Gasteiger charge is -2.19. The molecule has 26 heavy (non-hydrogen) atoms. The lowest BCUT2D eigenvalue weighted by Crippen LogP contribution is -2.31. The van der Waals surface area contributed by atoms with Crippen LogP contribution in [0.15, 0.2) is 66.0 Å².